The smallest absolute Gasteiger partial charge is 0.130 e. The van der Waals surface area contributed by atoms with E-state index in [1.807, 2.05) is 0 Å². The van der Waals surface area contributed by atoms with Crippen molar-refractivity contribution in [1.29, 1.82) is 0 Å². The summed E-state index contributed by atoms with van der Waals surface area (Å²) in [6.45, 7) is 1.53. The summed E-state index contributed by atoms with van der Waals surface area (Å²) in [5, 5.41) is 0. The van der Waals surface area contributed by atoms with Crippen LogP contribution in [0, 0.1) is 5.41 Å². The zero-order valence-corrected chi connectivity index (χ0v) is 5.52. The Morgan fingerprint density at radius 1 is 1.67 bits per heavy atom. The van der Waals surface area contributed by atoms with E-state index in [4.69, 9.17) is 0 Å². The molecule has 0 spiro atoms. The Hall–Kier alpha value is -0.660. The molecule has 1 aliphatic rings. The monoisotopic (exact) mass is 126 g/mol. The Labute approximate surface area is 54.2 Å². The van der Waals surface area contributed by atoms with Gasteiger partial charge in [-0.15, -0.1) is 0 Å². The second-order valence-electron chi connectivity index (χ2n) is 2.86. The number of carbonyl (C=O) groups is 2. The molecule has 0 unspecified atom stereocenters. The predicted molar refractivity (Wildman–Crippen MR) is 33.0 cm³/mol. The van der Waals surface area contributed by atoms with E-state index in [0.29, 0.717) is 6.42 Å². The number of hydrogen-bond acceptors (Lipinski definition) is 2. The number of aldehydes is 1. The molecule has 2 heteroatoms. The first kappa shape index (κ1) is 6.46. The molecular weight excluding hydrogens is 116 g/mol. The van der Waals surface area contributed by atoms with E-state index in [1.165, 1.54) is 6.92 Å². The molecule has 0 radical (unpaired) electrons. The van der Waals surface area contributed by atoms with Gasteiger partial charge in [0.2, 0.25) is 0 Å². The molecule has 0 atom stereocenters. The third kappa shape index (κ3) is 1.37. The number of ketones is 1. The van der Waals surface area contributed by atoms with Gasteiger partial charge < -0.3 is 4.79 Å². The number of hydrogen-bond donors (Lipinski definition) is 0. The lowest BCUT2D eigenvalue weighted by atomic mass is 10.0. The zero-order chi connectivity index (χ0) is 6.91. The lowest BCUT2D eigenvalue weighted by Gasteiger charge is -1.99. The first-order chi connectivity index (χ1) is 4.18. The van der Waals surface area contributed by atoms with Gasteiger partial charge in [0.15, 0.2) is 0 Å². The largest absolute Gasteiger partial charge is 0.303 e. The summed E-state index contributed by atoms with van der Waals surface area (Å²) in [7, 11) is 0. The van der Waals surface area contributed by atoms with E-state index in [1.54, 1.807) is 0 Å². The molecule has 0 aromatic rings. The molecule has 0 aliphatic heterocycles. The van der Waals surface area contributed by atoms with Gasteiger partial charge in [-0.2, -0.15) is 0 Å². The molecular formula is C7H10O2. The van der Waals surface area contributed by atoms with E-state index < -0.39 is 0 Å². The molecule has 1 rings (SSSR count). The van der Waals surface area contributed by atoms with Crippen molar-refractivity contribution in [2.24, 2.45) is 5.41 Å². The summed E-state index contributed by atoms with van der Waals surface area (Å²) >= 11 is 0. The average molecular weight is 126 g/mol. The van der Waals surface area contributed by atoms with Crippen molar-refractivity contribution < 1.29 is 9.59 Å². The SMILES string of the molecule is CC(=O)CC1(C=O)CC1. The molecule has 1 fully saturated rings. The van der Waals surface area contributed by atoms with Crippen molar-refractivity contribution in [3.05, 3.63) is 0 Å². The summed E-state index contributed by atoms with van der Waals surface area (Å²) in [5.74, 6) is 0.125. The molecule has 50 valence electrons. The number of carbonyl (C=O) groups excluding carboxylic acids is 2. The van der Waals surface area contributed by atoms with E-state index in [2.05, 4.69) is 0 Å². The standard InChI is InChI=1S/C7H10O2/c1-6(9)4-7(5-8)2-3-7/h5H,2-4H2,1H3. The van der Waals surface area contributed by atoms with Gasteiger partial charge in [0.25, 0.3) is 0 Å². The fraction of sp³-hybridized carbons (Fsp3) is 0.714. The zero-order valence-electron chi connectivity index (χ0n) is 5.52. The topological polar surface area (TPSA) is 34.1 Å². The molecule has 0 bridgehead atoms. The lowest BCUT2D eigenvalue weighted by molar-refractivity contribution is -0.122. The highest BCUT2D eigenvalue weighted by Gasteiger charge is 2.43. The summed E-state index contributed by atoms with van der Waals surface area (Å²) in [5.41, 5.74) is -0.216. The van der Waals surface area contributed by atoms with Crippen molar-refractivity contribution in [1.82, 2.24) is 0 Å². The van der Waals surface area contributed by atoms with Crippen LogP contribution < -0.4 is 0 Å². The van der Waals surface area contributed by atoms with Gasteiger partial charge in [-0.25, -0.2) is 0 Å². The lowest BCUT2D eigenvalue weighted by Crippen LogP contribution is -2.06. The third-order valence-corrected chi connectivity index (χ3v) is 1.74. The summed E-state index contributed by atoms with van der Waals surface area (Å²) in [6.07, 6.45) is 3.21. The highest BCUT2D eigenvalue weighted by atomic mass is 16.1. The van der Waals surface area contributed by atoms with Crippen LogP contribution in [0.4, 0.5) is 0 Å². The highest BCUT2D eigenvalue weighted by Crippen LogP contribution is 2.46. The van der Waals surface area contributed by atoms with Crippen molar-refractivity contribution in [2.75, 3.05) is 0 Å². The molecule has 1 saturated carbocycles. The van der Waals surface area contributed by atoms with E-state index in [-0.39, 0.29) is 11.2 Å². The van der Waals surface area contributed by atoms with E-state index in [9.17, 15) is 9.59 Å². The number of rotatable bonds is 3. The summed E-state index contributed by atoms with van der Waals surface area (Å²) in [4.78, 5) is 20.8. The van der Waals surface area contributed by atoms with Crippen LogP contribution in [0.5, 0.6) is 0 Å². The molecule has 0 saturated heterocycles. The van der Waals surface area contributed by atoms with E-state index in [0.717, 1.165) is 19.1 Å². The minimum absolute atomic E-state index is 0.125. The third-order valence-electron chi connectivity index (χ3n) is 1.74. The van der Waals surface area contributed by atoms with Crippen LogP contribution in [0.3, 0.4) is 0 Å². The van der Waals surface area contributed by atoms with Crippen molar-refractivity contribution >= 4 is 12.1 Å². The molecule has 0 aromatic carbocycles. The van der Waals surface area contributed by atoms with Crippen molar-refractivity contribution in [3.8, 4) is 0 Å². The first-order valence-corrected chi connectivity index (χ1v) is 3.14. The fourth-order valence-corrected chi connectivity index (χ4v) is 0.993. The second kappa shape index (κ2) is 1.94. The second-order valence-corrected chi connectivity index (χ2v) is 2.86. The van der Waals surface area contributed by atoms with Gasteiger partial charge in [0.1, 0.15) is 12.1 Å². The Bertz CT molecular complexity index is 145. The maximum Gasteiger partial charge on any atom is 0.130 e. The minimum atomic E-state index is -0.216. The van der Waals surface area contributed by atoms with Gasteiger partial charge in [-0.1, -0.05) is 0 Å². The maximum absolute atomic E-state index is 10.5. The van der Waals surface area contributed by atoms with Crippen LogP contribution in [0.2, 0.25) is 0 Å². The van der Waals surface area contributed by atoms with Crippen LogP contribution in [-0.4, -0.2) is 12.1 Å². The van der Waals surface area contributed by atoms with E-state index >= 15 is 0 Å². The van der Waals surface area contributed by atoms with Crippen LogP contribution in [-0.2, 0) is 9.59 Å². The Morgan fingerprint density at radius 3 is 2.33 bits per heavy atom. The Morgan fingerprint density at radius 2 is 2.22 bits per heavy atom. The molecule has 1 aliphatic carbocycles. The summed E-state index contributed by atoms with van der Waals surface area (Å²) < 4.78 is 0. The quantitative estimate of drug-likeness (QED) is 0.527. The van der Waals surface area contributed by atoms with Crippen molar-refractivity contribution in [3.63, 3.8) is 0 Å². The maximum atomic E-state index is 10.5. The van der Waals surface area contributed by atoms with Crippen LogP contribution in [0.1, 0.15) is 26.2 Å². The fourth-order valence-electron chi connectivity index (χ4n) is 0.993. The Kier molecular flexibility index (Phi) is 1.39. The predicted octanol–water partition coefficient (Wildman–Crippen LogP) is 0.945. The highest BCUT2D eigenvalue weighted by molar-refractivity contribution is 5.81. The van der Waals surface area contributed by atoms with Gasteiger partial charge in [-0.3, -0.25) is 4.79 Å². The average Bonchev–Trinajstić information content (AvgIpc) is 2.48. The molecule has 2 nitrogen and oxygen atoms in total. The van der Waals surface area contributed by atoms with Crippen molar-refractivity contribution in [2.45, 2.75) is 26.2 Å². The minimum Gasteiger partial charge on any atom is -0.303 e. The Balaban J connectivity index is 2.42. The molecule has 0 heterocycles. The normalized spacial score (nSPS) is 21.0. The first-order valence-electron chi connectivity index (χ1n) is 3.14. The molecule has 9 heavy (non-hydrogen) atoms. The van der Waals surface area contributed by atoms with Crippen LogP contribution in [0.15, 0.2) is 0 Å². The molecule has 0 aromatic heterocycles. The summed E-state index contributed by atoms with van der Waals surface area (Å²) in [6, 6.07) is 0. The number of Topliss-reactive ketones (excluding diaryl/α,β-unsaturated/α-hetero) is 1. The van der Waals surface area contributed by atoms with Gasteiger partial charge >= 0.3 is 0 Å². The van der Waals surface area contributed by atoms with Gasteiger partial charge in [-0.05, 0) is 19.8 Å². The molecule has 0 amide bonds. The van der Waals surface area contributed by atoms with Crippen LogP contribution in [0.25, 0.3) is 0 Å². The van der Waals surface area contributed by atoms with Gasteiger partial charge in [0, 0.05) is 11.8 Å². The molecule has 0 N–H and O–H groups in total. The van der Waals surface area contributed by atoms with Crippen LogP contribution >= 0.6 is 0 Å². The van der Waals surface area contributed by atoms with Gasteiger partial charge in [0.05, 0.1) is 0 Å².